The molecule has 156 valence electrons. The first-order valence-corrected chi connectivity index (χ1v) is 10.6. The van der Waals surface area contributed by atoms with Gasteiger partial charge < -0.3 is 20.3 Å². The highest BCUT2D eigenvalue weighted by Gasteiger charge is 2.17. The topological polar surface area (TPSA) is 96.8 Å². The molecule has 0 saturated carbocycles. The van der Waals surface area contributed by atoms with Crippen LogP contribution in [0.25, 0.3) is 11.1 Å². The van der Waals surface area contributed by atoms with Gasteiger partial charge in [-0.3, -0.25) is 4.79 Å². The predicted octanol–water partition coefficient (Wildman–Crippen LogP) is 5.83. The number of benzene rings is 2. The fourth-order valence-electron chi connectivity index (χ4n) is 2.94. The summed E-state index contributed by atoms with van der Waals surface area (Å²) < 4.78 is 4.76. The van der Waals surface area contributed by atoms with Crippen molar-refractivity contribution in [2.75, 3.05) is 28.6 Å². The maximum absolute atomic E-state index is 12.4. The van der Waals surface area contributed by atoms with E-state index in [1.54, 1.807) is 32.2 Å². The largest absolute Gasteiger partial charge is 0.392 e. The van der Waals surface area contributed by atoms with Crippen molar-refractivity contribution in [1.29, 1.82) is 0 Å². The summed E-state index contributed by atoms with van der Waals surface area (Å²) in [5.74, 6) is 0.919. The van der Waals surface area contributed by atoms with Crippen LogP contribution in [0.5, 0.6) is 0 Å². The van der Waals surface area contributed by atoms with Crippen LogP contribution >= 0.6 is 23.5 Å². The van der Waals surface area contributed by atoms with Crippen LogP contribution in [0.4, 0.5) is 28.4 Å². The molecular formula is C21H23ClN6OS. The van der Waals surface area contributed by atoms with Crippen molar-refractivity contribution in [3.63, 3.8) is 0 Å². The van der Waals surface area contributed by atoms with Crippen LogP contribution in [0.15, 0.2) is 63.7 Å². The van der Waals surface area contributed by atoms with Gasteiger partial charge in [-0.1, -0.05) is 30.5 Å². The van der Waals surface area contributed by atoms with Crippen LogP contribution in [0.3, 0.4) is 0 Å². The summed E-state index contributed by atoms with van der Waals surface area (Å²) in [7, 11) is 3.21. The summed E-state index contributed by atoms with van der Waals surface area (Å²) in [6, 6.07) is 13.4. The molecule has 0 aliphatic heterocycles. The zero-order valence-corrected chi connectivity index (χ0v) is 18.5. The molecule has 1 heterocycles. The van der Waals surface area contributed by atoms with Crippen LogP contribution in [-0.2, 0) is 7.05 Å². The lowest BCUT2D eigenvalue weighted by Gasteiger charge is -2.17. The Morgan fingerprint density at radius 3 is 2.50 bits per heavy atom. The van der Waals surface area contributed by atoms with Crippen molar-refractivity contribution in [3.05, 3.63) is 64.0 Å². The van der Waals surface area contributed by atoms with Gasteiger partial charge in [0.15, 0.2) is 0 Å². The monoisotopic (exact) mass is 442 g/mol. The van der Waals surface area contributed by atoms with E-state index in [0.717, 1.165) is 28.4 Å². The second-order valence-corrected chi connectivity index (χ2v) is 7.96. The van der Waals surface area contributed by atoms with E-state index in [9.17, 15) is 4.79 Å². The van der Waals surface area contributed by atoms with Crippen LogP contribution in [-0.4, -0.2) is 17.4 Å². The summed E-state index contributed by atoms with van der Waals surface area (Å²) in [6.07, 6.45) is 1.72. The summed E-state index contributed by atoms with van der Waals surface area (Å²) >= 11 is 7.60. The molecule has 0 atom stereocenters. The number of nitrogens with one attached hydrogen (secondary N) is 2. The first-order valence-electron chi connectivity index (χ1n) is 9.28. The first-order chi connectivity index (χ1) is 14.4. The van der Waals surface area contributed by atoms with E-state index in [0.29, 0.717) is 16.3 Å². The lowest BCUT2D eigenvalue weighted by atomic mass is 10.0. The number of azo groups is 1. The number of nitrogens with zero attached hydrogens (tertiary/aromatic N) is 3. The molecule has 0 saturated heterocycles. The molecule has 0 radical (unpaired) electrons. The molecule has 1 aromatic heterocycles. The van der Waals surface area contributed by atoms with E-state index < -0.39 is 0 Å². The molecule has 30 heavy (non-hydrogen) atoms. The molecular weight excluding hydrogens is 420 g/mol. The highest BCUT2D eigenvalue weighted by Crippen LogP contribution is 2.40. The van der Waals surface area contributed by atoms with Gasteiger partial charge in [0.2, 0.25) is 0 Å². The smallest absolute Gasteiger partial charge is 0.275 e. The molecule has 0 spiro atoms. The third-order valence-electron chi connectivity index (χ3n) is 4.35. The van der Waals surface area contributed by atoms with Gasteiger partial charge in [0.25, 0.3) is 5.56 Å². The maximum atomic E-state index is 12.4. The normalized spacial score (nSPS) is 11.1. The minimum Gasteiger partial charge on any atom is -0.392 e. The second-order valence-electron chi connectivity index (χ2n) is 6.45. The molecule has 0 aliphatic rings. The number of nitrogens with two attached hydrogens (primary N) is 1. The van der Waals surface area contributed by atoms with E-state index >= 15 is 0 Å². The van der Waals surface area contributed by atoms with Crippen molar-refractivity contribution < 1.29 is 0 Å². The van der Waals surface area contributed by atoms with E-state index in [-0.39, 0.29) is 11.2 Å². The van der Waals surface area contributed by atoms with Crippen LogP contribution < -0.4 is 21.3 Å². The third kappa shape index (κ3) is 4.77. The van der Waals surface area contributed by atoms with Gasteiger partial charge in [-0.15, -0.1) is 0 Å². The molecule has 0 aliphatic carbocycles. The summed E-state index contributed by atoms with van der Waals surface area (Å²) in [6.45, 7) is 2.07. The zero-order chi connectivity index (χ0) is 21.7. The fraction of sp³-hybridized carbons (Fsp3) is 0.190. The Kier molecular flexibility index (Phi) is 7.02. The fourth-order valence-corrected chi connectivity index (χ4v) is 3.50. The molecule has 7 nitrogen and oxygen atoms in total. The number of pyridine rings is 1. The Morgan fingerprint density at radius 2 is 1.83 bits per heavy atom. The zero-order valence-electron chi connectivity index (χ0n) is 16.9. The maximum Gasteiger partial charge on any atom is 0.275 e. The van der Waals surface area contributed by atoms with Gasteiger partial charge >= 0.3 is 0 Å². The molecule has 4 N–H and O–H groups in total. The molecule has 0 bridgehead atoms. The lowest BCUT2D eigenvalue weighted by Crippen LogP contribution is -2.20. The van der Waals surface area contributed by atoms with Gasteiger partial charge in [-0.2, -0.15) is 10.2 Å². The van der Waals surface area contributed by atoms with Gasteiger partial charge in [0.05, 0.1) is 0 Å². The minimum atomic E-state index is -0.316. The number of aromatic nitrogens is 1. The second kappa shape index (κ2) is 9.69. The van der Waals surface area contributed by atoms with Crippen molar-refractivity contribution in [2.45, 2.75) is 6.92 Å². The molecule has 3 rings (SSSR count). The number of hydrogen-bond acceptors (Lipinski definition) is 7. The number of aryl methyl sites for hydroxylation is 1. The number of rotatable bonds is 7. The van der Waals surface area contributed by atoms with Crippen molar-refractivity contribution in [1.82, 2.24) is 4.57 Å². The molecule has 2 aromatic carbocycles. The molecule has 0 amide bonds. The van der Waals surface area contributed by atoms with Crippen LogP contribution in [0.2, 0.25) is 5.02 Å². The minimum absolute atomic E-state index is 0.0549. The number of nitrogen functional groups attached to an aromatic ring is 1. The highest BCUT2D eigenvalue weighted by atomic mass is 35.5. The predicted molar refractivity (Wildman–Crippen MR) is 128 cm³/mol. The average Bonchev–Trinajstić information content (AvgIpc) is 2.75. The lowest BCUT2D eigenvalue weighted by molar-refractivity contribution is 0.865. The third-order valence-corrected chi connectivity index (χ3v) is 5.27. The van der Waals surface area contributed by atoms with Gasteiger partial charge in [-0.25, -0.2) is 0 Å². The Morgan fingerprint density at radius 1 is 1.13 bits per heavy atom. The summed E-state index contributed by atoms with van der Waals surface area (Å²) in [4.78, 5) is 12.4. The van der Waals surface area contributed by atoms with Crippen LogP contribution in [0.1, 0.15) is 6.92 Å². The SMILES string of the molecule is CCSNc1ccc(Nc2ccc(Cl)cc2)c(-c2cn(C)c(=O)c(N)c2N=NC)c1. The Hall–Kier alpha value is -2.97. The van der Waals surface area contributed by atoms with Crippen LogP contribution in [0, 0.1) is 0 Å². The van der Waals surface area contributed by atoms with Crippen molar-refractivity contribution >= 4 is 52.0 Å². The quantitative estimate of drug-likeness (QED) is 0.316. The summed E-state index contributed by atoms with van der Waals surface area (Å²) in [5, 5.41) is 12.1. The van der Waals surface area contributed by atoms with E-state index in [1.807, 2.05) is 42.5 Å². The average molecular weight is 443 g/mol. The Labute approximate surface area is 184 Å². The Balaban J connectivity index is 2.20. The van der Waals surface area contributed by atoms with Crippen molar-refractivity contribution in [2.24, 2.45) is 17.3 Å². The number of hydrogen-bond donors (Lipinski definition) is 3. The van der Waals surface area contributed by atoms with E-state index in [1.165, 1.54) is 4.57 Å². The molecule has 9 heteroatoms. The van der Waals surface area contributed by atoms with Gasteiger partial charge in [0.1, 0.15) is 11.4 Å². The van der Waals surface area contributed by atoms with E-state index in [2.05, 4.69) is 27.2 Å². The molecule has 0 fully saturated rings. The van der Waals surface area contributed by atoms with Gasteiger partial charge in [0, 0.05) is 59.3 Å². The molecule has 3 aromatic rings. The highest BCUT2D eigenvalue weighted by molar-refractivity contribution is 8.00. The van der Waals surface area contributed by atoms with E-state index in [4.69, 9.17) is 17.3 Å². The van der Waals surface area contributed by atoms with Gasteiger partial charge in [-0.05, 0) is 42.5 Å². The standard InChI is InChI=1S/C21H23ClN6OS/c1-4-30-27-15-9-10-18(25-14-7-5-13(22)6-8-14)16(11-15)17-12-28(3)21(29)19(23)20(17)26-24-2/h5-12,25,27H,4,23H2,1-3H3. The summed E-state index contributed by atoms with van der Waals surface area (Å²) in [5.41, 5.74) is 10.3. The molecule has 0 unspecified atom stereocenters. The Bertz CT molecular complexity index is 1130. The number of anilines is 4. The first kappa shape index (κ1) is 21.7. The van der Waals surface area contributed by atoms with Crippen molar-refractivity contribution in [3.8, 4) is 11.1 Å². The number of halogens is 1.